The maximum Gasteiger partial charge on any atom is 0.273 e. The highest BCUT2D eigenvalue weighted by molar-refractivity contribution is 7.09. The van der Waals surface area contributed by atoms with Gasteiger partial charge in [0.15, 0.2) is 5.69 Å². The van der Waals surface area contributed by atoms with Gasteiger partial charge in [0.2, 0.25) is 5.91 Å². The van der Waals surface area contributed by atoms with Crippen molar-refractivity contribution >= 4 is 40.6 Å². The van der Waals surface area contributed by atoms with Gasteiger partial charge in [-0.25, -0.2) is 0 Å². The number of aromatic nitrogens is 1. The van der Waals surface area contributed by atoms with Gasteiger partial charge < -0.3 is 26.3 Å². The van der Waals surface area contributed by atoms with Crippen molar-refractivity contribution < 1.29 is 23.9 Å². The van der Waals surface area contributed by atoms with Crippen molar-refractivity contribution in [1.29, 1.82) is 0 Å². The summed E-state index contributed by atoms with van der Waals surface area (Å²) in [6.45, 7) is 7.16. The van der Waals surface area contributed by atoms with E-state index in [1.807, 2.05) is 32.9 Å². The zero-order valence-electron chi connectivity index (χ0n) is 22.2. The summed E-state index contributed by atoms with van der Waals surface area (Å²) in [6, 6.07) is 11.6. The highest BCUT2D eigenvalue weighted by atomic mass is 32.1. The lowest BCUT2D eigenvalue weighted by Crippen LogP contribution is -2.46. The third-order valence-corrected chi connectivity index (χ3v) is 7.38. The van der Waals surface area contributed by atoms with Crippen LogP contribution in [-0.4, -0.2) is 48.0 Å². The molecule has 1 saturated heterocycles. The number of rotatable bonds is 10. The Morgan fingerprint density at radius 2 is 1.95 bits per heavy atom. The number of carbonyl (C=O) groups is 3. The molecule has 1 aliphatic rings. The second-order valence-corrected chi connectivity index (χ2v) is 10.2. The average molecular weight is 552 g/mol. The maximum absolute atomic E-state index is 14.2. The molecule has 2 heterocycles. The van der Waals surface area contributed by atoms with Crippen LogP contribution in [-0.2, 0) is 9.53 Å². The Morgan fingerprint density at radius 1 is 1.21 bits per heavy atom. The molecule has 4 rings (SSSR count). The van der Waals surface area contributed by atoms with Gasteiger partial charge in [-0.2, -0.15) is 4.37 Å². The summed E-state index contributed by atoms with van der Waals surface area (Å²) in [5.41, 5.74) is 14.1. The summed E-state index contributed by atoms with van der Waals surface area (Å²) >= 11 is 0.773. The lowest BCUT2D eigenvalue weighted by molar-refractivity contribution is -0.123. The van der Waals surface area contributed by atoms with Gasteiger partial charge >= 0.3 is 0 Å². The van der Waals surface area contributed by atoms with E-state index < -0.39 is 17.9 Å². The molecule has 0 unspecified atom stereocenters. The third kappa shape index (κ3) is 6.21. The first-order valence-electron chi connectivity index (χ1n) is 12.8. The minimum absolute atomic E-state index is 0.0200. The quantitative estimate of drug-likeness (QED) is 0.349. The number of hydrogen-bond donors (Lipinski definition) is 3. The normalized spacial score (nSPS) is 15.5. The highest BCUT2D eigenvalue weighted by Gasteiger charge is 2.37. The number of hydrogen-bond acceptors (Lipinski definition) is 8. The van der Waals surface area contributed by atoms with Gasteiger partial charge in [-0.3, -0.25) is 19.3 Å². The molecule has 0 spiro atoms. The van der Waals surface area contributed by atoms with E-state index in [1.165, 1.54) is 4.90 Å². The Balaban J connectivity index is 1.83. The van der Waals surface area contributed by atoms with Crippen LogP contribution in [0.5, 0.6) is 5.75 Å². The van der Waals surface area contributed by atoms with E-state index in [2.05, 4.69) is 9.69 Å². The van der Waals surface area contributed by atoms with Gasteiger partial charge in [-0.05, 0) is 74.5 Å². The molecule has 1 aromatic heterocycles. The molecule has 0 radical (unpaired) electrons. The lowest BCUT2D eigenvalue weighted by Gasteiger charge is -2.32. The van der Waals surface area contributed by atoms with Crippen LogP contribution in [0.25, 0.3) is 0 Å². The Morgan fingerprint density at radius 3 is 2.54 bits per heavy atom. The van der Waals surface area contributed by atoms with Crippen LogP contribution in [0.1, 0.15) is 62.7 Å². The largest absolute Gasteiger partial charge is 0.494 e. The van der Waals surface area contributed by atoms with Crippen molar-refractivity contribution in [2.75, 3.05) is 30.4 Å². The summed E-state index contributed by atoms with van der Waals surface area (Å²) in [5, 5.41) is 2.98. The van der Waals surface area contributed by atoms with Gasteiger partial charge in [0.25, 0.3) is 11.8 Å². The SMILES string of the molecule is CCOc1ccc([C@@H](C(=O)NC[C@@H]2CCCO2)N(C(=O)c2snc(C(N)=O)c2N)c2ccc(C)cc2C)cc1. The Labute approximate surface area is 231 Å². The fraction of sp³-hybridized carbons (Fsp3) is 0.357. The van der Waals surface area contributed by atoms with E-state index in [0.29, 0.717) is 36.8 Å². The topological polar surface area (TPSA) is 150 Å². The van der Waals surface area contributed by atoms with Gasteiger partial charge in [-0.15, -0.1) is 0 Å². The van der Waals surface area contributed by atoms with E-state index in [9.17, 15) is 14.4 Å². The standard InChI is InChI=1S/C28H33N5O5S/c1-4-37-19-10-8-18(9-11-19)24(27(35)31-15-20-6-5-13-38-20)33(21-12-7-16(2)14-17(21)3)28(36)25-22(29)23(26(30)34)32-39-25/h7-12,14,20,24H,4-6,13,15,29H2,1-3H3,(H2,30,34)(H,31,35)/t20-,24-/m0/s1. The molecule has 0 aliphatic carbocycles. The second kappa shape index (κ2) is 12.3. The first kappa shape index (κ1) is 28.1. The van der Waals surface area contributed by atoms with Crippen LogP contribution in [0.2, 0.25) is 0 Å². The summed E-state index contributed by atoms with van der Waals surface area (Å²) in [5.74, 6) is -1.16. The number of ether oxygens (including phenoxy) is 2. The van der Waals surface area contributed by atoms with Crippen LogP contribution >= 0.6 is 11.5 Å². The minimum Gasteiger partial charge on any atom is -0.494 e. The predicted molar refractivity (Wildman–Crippen MR) is 150 cm³/mol. The Bertz CT molecular complexity index is 1350. The summed E-state index contributed by atoms with van der Waals surface area (Å²) in [6.07, 6.45) is 1.69. The molecule has 3 aromatic rings. The molecule has 11 heteroatoms. The van der Waals surface area contributed by atoms with Crippen molar-refractivity contribution in [2.45, 2.75) is 45.8 Å². The number of primary amides is 1. The first-order chi connectivity index (χ1) is 18.7. The number of nitrogens with zero attached hydrogens (tertiary/aromatic N) is 2. The third-order valence-electron chi connectivity index (χ3n) is 6.53. The minimum atomic E-state index is -1.07. The van der Waals surface area contributed by atoms with Crippen LogP contribution < -0.4 is 26.4 Å². The molecule has 206 valence electrons. The van der Waals surface area contributed by atoms with Crippen molar-refractivity contribution in [2.24, 2.45) is 5.73 Å². The van der Waals surface area contributed by atoms with E-state index in [4.69, 9.17) is 20.9 Å². The van der Waals surface area contributed by atoms with Crippen LogP contribution in [0, 0.1) is 13.8 Å². The monoisotopic (exact) mass is 551 g/mol. The molecule has 0 bridgehead atoms. The van der Waals surface area contributed by atoms with Gasteiger partial charge in [-0.1, -0.05) is 29.8 Å². The molecular formula is C28H33N5O5S. The first-order valence-corrected chi connectivity index (χ1v) is 13.6. The molecule has 2 atom stereocenters. The number of nitrogen functional groups attached to an aromatic ring is 1. The number of nitrogens with one attached hydrogen (secondary N) is 1. The number of aryl methyl sites for hydroxylation is 2. The van der Waals surface area contributed by atoms with Gasteiger partial charge in [0, 0.05) is 18.8 Å². The molecular weight excluding hydrogens is 518 g/mol. The number of benzene rings is 2. The molecule has 3 amide bonds. The van der Waals surface area contributed by atoms with Crippen LogP contribution in [0.15, 0.2) is 42.5 Å². The van der Waals surface area contributed by atoms with Crippen molar-refractivity contribution in [3.05, 3.63) is 69.7 Å². The molecule has 39 heavy (non-hydrogen) atoms. The predicted octanol–water partition coefficient (Wildman–Crippen LogP) is 3.52. The zero-order chi connectivity index (χ0) is 28.1. The number of nitrogens with two attached hydrogens (primary N) is 2. The summed E-state index contributed by atoms with van der Waals surface area (Å²) < 4.78 is 15.3. The molecule has 10 nitrogen and oxygen atoms in total. The molecule has 1 fully saturated rings. The zero-order valence-corrected chi connectivity index (χ0v) is 23.0. The fourth-order valence-corrected chi connectivity index (χ4v) is 5.37. The molecule has 5 N–H and O–H groups in total. The molecule has 1 aliphatic heterocycles. The van der Waals surface area contributed by atoms with Crippen molar-refractivity contribution in [1.82, 2.24) is 9.69 Å². The smallest absolute Gasteiger partial charge is 0.273 e. The van der Waals surface area contributed by atoms with Crippen LogP contribution in [0.4, 0.5) is 11.4 Å². The Hall–Kier alpha value is -3.96. The average Bonchev–Trinajstić information content (AvgIpc) is 3.56. The summed E-state index contributed by atoms with van der Waals surface area (Å²) in [4.78, 5) is 41.4. The summed E-state index contributed by atoms with van der Waals surface area (Å²) in [7, 11) is 0. The second-order valence-electron chi connectivity index (χ2n) is 9.39. The molecule has 2 aromatic carbocycles. The van der Waals surface area contributed by atoms with Crippen LogP contribution in [0.3, 0.4) is 0 Å². The van der Waals surface area contributed by atoms with Gasteiger partial charge in [0.05, 0.1) is 18.4 Å². The van der Waals surface area contributed by atoms with E-state index in [1.54, 1.807) is 30.3 Å². The number of carbonyl (C=O) groups excluding carboxylic acids is 3. The van der Waals surface area contributed by atoms with E-state index >= 15 is 0 Å². The van der Waals surface area contributed by atoms with Crippen molar-refractivity contribution in [3.8, 4) is 5.75 Å². The number of amides is 3. The molecule has 0 saturated carbocycles. The van der Waals surface area contributed by atoms with Crippen molar-refractivity contribution in [3.63, 3.8) is 0 Å². The van der Waals surface area contributed by atoms with Gasteiger partial charge in [0.1, 0.15) is 16.7 Å². The number of anilines is 2. The maximum atomic E-state index is 14.2. The highest BCUT2D eigenvalue weighted by Crippen LogP contribution is 2.35. The fourth-order valence-electron chi connectivity index (χ4n) is 4.63. The lowest BCUT2D eigenvalue weighted by atomic mass is 10.00. The van der Waals surface area contributed by atoms with E-state index in [-0.39, 0.29) is 28.3 Å². The van der Waals surface area contributed by atoms with E-state index in [0.717, 1.165) is 35.5 Å². The Kier molecular flexibility index (Phi) is 8.82.